The minimum absolute atomic E-state index is 0.0885. The van der Waals surface area contributed by atoms with E-state index in [1.807, 2.05) is 40.7 Å². The molecule has 5 heteroatoms. The summed E-state index contributed by atoms with van der Waals surface area (Å²) in [5.41, 5.74) is -1.17. The van der Waals surface area contributed by atoms with Crippen molar-refractivity contribution in [1.29, 1.82) is 5.26 Å². The summed E-state index contributed by atoms with van der Waals surface area (Å²) in [5, 5.41) is 9.28. The molecule has 0 spiro atoms. The van der Waals surface area contributed by atoms with E-state index in [4.69, 9.17) is 4.74 Å². The van der Waals surface area contributed by atoms with E-state index in [2.05, 4.69) is 13.0 Å². The van der Waals surface area contributed by atoms with Crippen molar-refractivity contribution >= 4 is 11.9 Å². The molecule has 2 aliphatic rings. The molecule has 1 amide bonds. The van der Waals surface area contributed by atoms with Gasteiger partial charge in [-0.3, -0.25) is 4.79 Å². The van der Waals surface area contributed by atoms with Crippen LogP contribution in [0.4, 0.5) is 4.79 Å². The maximum Gasteiger partial charge on any atom is 0.410 e. The number of nitriles is 1. The molecule has 0 bridgehead atoms. The number of ether oxygens (including phenoxy) is 1. The Bertz CT molecular complexity index is 622. The number of ketones is 1. The fraction of sp³-hybridized carbons (Fsp3) is 0.737. The first-order valence-corrected chi connectivity index (χ1v) is 8.57. The Morgan fingerprint density at radius 1 is 1.33 bits per heavy atom. The predicted molar refractivity (Wildman–Crippen MR) is 91.1 cm³/mol. The van der Waals surface area contributed by atoms with Crippen molar-refractivity contribution in [2.45, 2.75) is 60.0 Å². The van der Waals surface area contributed by atoms with Gasteiger partial charge in [-0.05, 0) is 44.9 Å². The topological polar surface area (TPSA) is 70.4 Å². The van der Waals surface area contributed by atoms with E-state index < -0.39 is 11.0 Å². The normalized spacial score (nSPS) is 29.9. The number of carbonyl (C=O) groups is 2. The van der Waals surface area contributed by atoms with Crippen LogP contribution >= 0.6 is 0 Å². The van der Waals surface area contributed by atoms with Gasteiger partial charge in [0.25, 0.3) is 0 Å². The lowest BCUT2D eigenvalue weighted by Crippen LogP contribution is -2.49. The highest BCUT2D eigenvalue weighted by atomic mass is 16.6. The zero-order valence-electron chi connectivity index (χ0n) is 15.6. The van der Waals surface area contributed by atoms with E-state index in [-0.39, 0.29) is 28.8 Å². The second kappa shape index (κ2) is 5.91. The Morgan fingerprint density at radius 2 is 1.96 bits per heavy atom. The molecule has 1 heterocycles. The molecule has 1 fully saturated rings. The zero-order chi connectivity index (χ0) is 18.3. The van der Waals surface area contributed by atoms with Crippen LogP contribution in [0.15, 0.2) is 11.6 Å². The summed E-state index contributed by atoms with van der Waals surface area (Å²) >= 11 is 0. The third kappa shape index (κ3) is 3.07. The highest BCUT2D eigenvalue weighted by molar-refractivity contribution is 6.04. The second-order valence-electron chi connectivity index (χ2n) is 8.68. The maximum absolute atomic E-state index is 12.7. The van der Waals surface area contributed by atoms with Crippen LogP contribution in [0.5, 0.6) is 0 Å². The van der Waals surface area contributed by atoms with Crippen LogP contribution in [-0.2, 0) is 9.53 Å². The van der Waals surface area contributed by atoms with E-state index in [0.717, 1.165) is 6.42 Å². The summed E-state index contributed by atoms with van der Waals surface area (Å²) in [4.78, 5) is 26.8. The van der Waals surface area contributed by atoms with E-state index in [1.165, 1.54) is 0 Å². The van der Waals surface area contributed by atoms with E-state index in [9.17, 15) is 14.9 Å². The summed E-state index contributed by atoms with van der Waals surface area (Å²) in [6.07, 6.45) is 2.97. The van der Waals surface area contributed by atoms with Crippen molar-refractivity contribution in [3.63, 3.8) is 0 Å². The Labute approximate surface area is 144 Å². The molecule has 0 N–H and O–H groups in total. The van der Waals surface area contributed by atoms with Gasteiger partial charge < -0.3 is 9.64 Å². The highest BCUT2D eigenvalue weighted by Gasteiger charge is 2.54. The molecule has 0 aromatic rings. The van der Waals surface area contributed by atoms with Crippen LogP contribution in [0.2, 0.25) is 0 Å². The second-order valence-corrected chi connectivity index (χ2v) is 8.68. The lowest BCUT2D eigenvalue weighted by Gasteiger charge is -2.49. The fourth-order valence-corrected chi connectivity index (χ4v) is 3.79. The van der Waals surface area contributed by atoms with Gasteiger partial charge >= 0.3 is 6.09 Å². The van der Waals surface area contributed by atoms with Gasteiger partial charge in [0.2, 0.25) is 0 Å². The molecule has 2 rings (SSSR count). The van der Waals surface area contributed by atoms with Crippen LogP contribution < -0.4 is 0 Å². The number of amides is 1. The molecule has 1 aliphatic carbocycles. The van der Waals surface area contributed by atoms with Gasteiger partial charge in [-0.15, -0.1) is 0 Å². The number of rotatable bonds is 0. The monoisotopic (exact) mass is 332 g/mol. The molecule has 1 aliphatic heterocycles. The van der Waals surface area contributed by atoms with Gasteiger partial charge in [0.1, 0.15) is 11.7 Å². The van der Waals surface area contributed by atoms with Crippen molar-refractivity contribution in [1.82, 2.24) is 4.90 Å². The quantitative estimate of drug-likeness (QED) is 0.678. The van der Waals surface area contributed by atoms with Crippen LogP contribution in [0.1, 0.15) is 54.4 Å². The number of carbonyl (C=O) groups excluding carboxylic acids is 2. The molecule has 132 valence electrons. The molecule has 2 unspecified atom stereocenters. The number of hydrogen-bond acceptors (Lipinski definition) is 4. The Balaban J connectivity index is 2.28. The lowest BCUT2D eigenvalue weighted by atomic mass is 9.52. The maximum atomic E-state index is 12.7. The smallest absolute Gasteiger partial charge is 0.410 e. The van der Waals surface area contributed by atoms with Crippen LogP contribution in [0, 0.1) is 28.1 Å². The van der Waals surface area contributed by atoms with Crippen molar-refractivity contribution in [2.24, 2.45) is 16.7 Å². The summed E-state index contributed by atoms with van der Waals surface area (Å²) in [6.45, 7) is 12.7. The Morgan fingerprint density at radius 3 is 2.50 bits per heavy atom. The van der Waals surface area contributed by atoms with Gasteiger partial charge in [0, 0.05) is 18.5 Å². The minimum atomic E-state index is -0.624. The SMILES string of the molecule is CC(C)(C)OC(=O)N1CCC2C=C(C#N)C(=O)C(C)(C)C2(C)CC1. The van der Waals surface area contributed by atoms with Crippen LogP contribution in [-0.4, -0.2) is 35.5 Å². The average molecular weight is 332 g/mol. The van der Waals surface area contributed by atoms with Crippen molar-refractivity contribution in [3.8, 4) is 6.07 Å². The van der Waals surface area contributed by atoms with E-state index in [1.54, 1.807) is 4.90 Å². The highest BCUT2D eigenvalue weighted by Crippen LogP contribution is 2.54. The number of hydrogen-bond donors (Lipinski definition) is 0. The van der Waals surface area contributed by atoms with Gasteiger partial charge in [-0.25, -0.2) is 4.79 Å². The van der Waals surface area contributed by atoms with Crippen LogP contribution in [0.25, 0.3) is 0 Å². The standard InChI is InChI=1S/C19H28N2O3/c1-17(2,3)24-16(23)21-9-7-14-11-13(12-20)15(22)18(4,5)19(14,6)8-10-21/h11,14H,7-10H2,1-6H3. The predicted octanol–water partition coefficient (Wildman–Crippen LogP) is 3.70. The van der Waals surface area contributed by atoms with E-state index >= 15 is 0 Å². The average Bonchev–Trinajstić information content (AvgIpc) is 2.62. The molecule has 0 saturated carbocycles. The van der Waals surface area contributed by atoms with Gasteiger partial charge in [-0.2, -0.15) is 5.26 Å². The Kier molecular flexibility index (Phi) is 4.56. The summed E-state index contributed by atoms with van der Waals surface area (Å²) in [5.74, 6) is 0.0155. The van der Waals surface area contributed by atoms with Gasteiger partial charge in [0.05, 0.1) is 5.57 Å². The molecule has 24 heavy (non-hydrogen) atoms. The summed E-state index contributed by atoms with van der Waals surface area (Å²) in [6, 6.07) is 2.05. The molecule has 0 radical (unpaired) electrons. The number of Topliss-reactive ketones (excluding diaryl/α,β-unsaturated/α-hetero) is 1. The number of likely N-dealkylation sites (tertiary alicyclic amines) is 1. The van der Waals surface area contributed by atoms with Gasteiger partial charge in [-0.1, -0.05) is 26.8 Å². The summed E-state index contributed by atoms with van der Waals surface area (Å²) in [7, 11) is 0. The fourth-order valence-electron chi connectivity index (χ4n) is 3.79. The molecular weight excluding hydrogens is 304 g/mol. The van der Waals surface area contributed by atoms with Crippen molar-refractivity contribution in [3.05, 3.63) is 11.6 Å². The third-order valence-corrected chi connectivity index (χ3v) is 5.81. The molecule has 0 aromatic carbocycles. The van der Waals surface area contributed by atoms with Crippen molar-refractivity contribution < 1.29 is 14.3 Å². The minimum Gasteiger partial charge on any atom is -0.444 e. The zero-order valence-corrected chi connectivity index (χ0v) is 15.6. The van der Waals surface area contributed by atoms with Crippen molar-refractivity contribution in [2.75, 3.05) is 13.1 Å². The number of nitrogens with zero attached hydrogens (tertiary/aromatic N) is 2. The summed E-state index contributed by atoms with van der Waals surface area (Å²) < 4.78 is 5.49. The molecule has 1 saturated heterocycles. The van der Waals surface area contributed by atoms with Gasteiger partial charge in [0.15, 0.2) is 5.78 Å². The molecular formula is C19H28N2O3. The molecule has 2 atom stereocenters. The lowest BCUT2D eigenvalue weighted by molar-refractivity contribution is -0.133. The first-order valence-electron chi connectivity index (χ1n) is 8.57. The largest absolute Gasteiger partial charge is 0.444 e. The number of fused-ring (bicyclic) bond motifs is 1. The third-order valence-electron chi connectivity index (χ3n) is 5.81. The number of allylic oxidation sites excluding steroid dienone is 2. The first kappa shape index (κ1) is 18.5. The molecule has 0 aromatic heterocycles. The van der Waals surface area contributed by atoms with E-state index in [0.29, 0.717) is 19.5 Å². The first-order chi connectivity index (χ1) is 10.9. The van der Waals surface area contributed by atoms with Crippen LogP contribution in [0.3, 0.4) is 0 Å². The Hall–Kier alpha value is -1.83. The molecule has 5 nitrogen and oxygen atoms in total.